The summed E-state index contributed by atoms with van der Waals surface area (Å²) in [4.78, 5) is 4.18. The maximum Gasteiger partial charge on any atom is 0.0548 e. The van der Waals surface area contributed by atoms with Crippen molar-refractivity contribution in [3.05, 3.63) is 41.7 Å². The highest BCUT2D eigenvalue weighted by Crippen LogP contribution is 2.22. The molecule has 1 atom stereocenters. The Morgan fingerprint density at radius 3 is 2.87 bits per heavy atom. The summed E-state index contributed by atoms with van der Waals surface area (Å²) in [6.45, 7) is 11.4. The molecule has 2 nitrogen and oxygen atoms in total. The largest absolute Gasteiger partial charge is 0.306 e. The highest BCUT2D eigenvalue weighted by Gasteiger charge is 2.13. The number of aryl methyl sites for hydroxylation is 1. The van der Waals surface area contributed by atoms with Crippen LogP contribution in [0.25, 0.3) is 0 Å². The van der Waals surface area contributed by atoms with Crippen molar-refractivity contribution >= 4 is 0 Å². The average molecular weight is 204 g/mol. The maximum absolute atomic E-state index is 4.18. The number of hydrogen-bond donors (Lipinski definition) is 1. The van der Waals surface area contributed by atoms with Crippen LogP contribution >= 0.6 is 0 Å². The molecule has 15 heavy (non-hydrogen) atoms. The fourth-order valence-electron chi connectivity index (χ4n) is 1.62. The first-order valence-electron chi connectivity index (χ1n) is 5.46. The highest BCUT2D eigenvalue weighted by molar-refractivity contribution is 5.30. The lowest BCUT2D eigenvalue weighted by Crippen LogP contribution is -2.23. The Hall–Kier alpha value is -1.15. The Balaban J connectivity index is 2.89. The van der Waals surface area contributed by atoms with E-state index in [0.29, 0.717) is 0 Å². The summed E-state index contributed by atoms with van der Waals surface area (Å²) in [7, 11) is 0. The van der Waals surface area contributed by atoms with Crippen molar-refractivity contribution in [2.75, 3.05) is 6.54 Å². The third kappa shape index (κ3) is 3.17. The quantitative estimate of drug-likeness (QED) is 0.746. The molecule has 0 fully saturated rings. The molecular formula is C13H20N2. The second-order valence-electron chi connectivity index (χ2n) is 3.97. The van der Waals surface area contributed by atoms with E-state index in [9.17, 15) is 0 Å². The van der Waals surface area contributed by atoms with Crippen molar-refractivity contribution in [3.63, 3.8) is 0 Å². The molecular weight excluding hydrogens is 184 g/mol. The number of pyridine rings is 1. The third-order valence-electron chi connectivity index (χ3n) is 2.48. The SMILES string of the molecule is C=C(C)C(NCCC)c1cnccc1C. The average Bonchev–Trinajstić information content (AvgIpc) is 2.20. The number of hydrogen-bond acceptors (Lipinski definition) is 2. The van der Waals surface area contributed by atoms with Crippen LogP contribution in [-0.2, 0) is 0 Å². The van der Waals surface area contributed by atoms with E-state index < -0.39 is 0 Å². The highest BCUT2D eigenvalue weighted by atomic mass is 14.9. The van der Waals surface area contributed by atoms with Crippen LogP contribution < -0.4 is 5.32 Å². The molecule has 0 aliphatic heterocycles. The first-order valence-corrected chi connectivity index (χ1v) is 5.46. The van der Waals surface area contributed by atoms with Gasteiger partial charge in [-0.2, -0.15) is 0 Å². The number of nitrogens with zero attached hydrogens (tertiary/aromatic N) is 1. The lowest BCUT2D eigenvalue weighted by molar-refractivity contribution is 0.587. The molecule has 1 unspecified atom stereocenters. The lowest BCUT2D eigenvalue weighted by atomic mass is 9.98. The molecule has 0 bridgehead atoms. The van der Waals surface area contributed by atoms with Gasteiger partial charge in [-0.1, -0.05) is 19.1 Å². The van der Waals surface area contributed by atoms with Crippen LogP contribution in [0.3, 0.4) is 0 Å². The smallest absolute Gasteiger partial charge is 0.0548 e. The Morgan fingerprint density at radius 2 is 2.33 bits per heavy atom. The molecule has 2 heteroatoms. The van der Waals surface area contributed by atoms with Crippen molar-refractivity contribution in [2.45, 2.75) is 33.2 Å². The fourth-order valence-corrected chi connectivity index (χ4v) is 1.62. The molecule has 0 radical (unpaired) electrons. The monoisotopic (exact) mass is 204 g/mol. The zero-order valence-electron chi connectivity index (χ0n) is 9.88. The molecule has 0 spiro atoms. The van der Waals surface area contributed by atoms with Crippen LogP contribution in [0.5, 0.6) is 0 Å². The summed E-state index contributed by atoms with van der Waals surface area (Å²) < 4.78 is 0. The van der Waals surface area contributed by atoms with E-state index in [0.717, 1.165) is 18.5 Å². The maximum atomic E-state index is 4.18. The van der Waals surface area contributed by atoms with E-state index in [4.69, 9.17) is 0 Å². The van der Waals surface area contributed by atoms with E-state index in [1.807, 2.05) is 18.5 Å². The van der Waals surface area contributed by atoms with Gasteiger partial charge in [-0.15, -0.1) is 0 Å². The molecule has 1 heterocycles. The van der Waals surface area contributed by atoms with Crippen molar-refractivity contribution in [1.29, 1.82) is 0 Å². The summed E-state index contributed by atoms with van der Waals surface area (Å²) in [5.41, 5.74) is 3.64. The van der Waals surface area contributed by atoms with Crippen LogP contribution in [0.2, 0.25) is 0 Å². The van der Waals surface area contributed by atoms with Gasteiger partial charge in [-0.3, -0.25) is 4.98 Å². The van der Waals surface area contributed by atoms with Gasteiger partial charge in [0.05, 0.1) is 6.04 Å². The zero-order chi connectivity index (χ0) is 11.3. The van der Waals surface area contributed by atoms with Crippen molar-refractivity contribution in [2.24, 2.45) is 0 Å². The lowest BCUT2D eigenvalue weighted by Gasteiger charge is -2.20. The Kier molecular flexibility index (Phi) is 4.50. The van der Waals surface area contributed by atoms with Gasteiger partial charge in [0, 0.05) is 12.4 Å². The minimum Gasteiger partial charge on any atom is -0.306 e. The first kappa shape index (κ1) is 11.9. The summed E-state index contributed by atoms with van der Waals surface area (Å²) in [5, 5.41) is 3.49. The van der Waals surface area contributed by atoms with Crippen molar-refractivity contribution in [1.82, 2.24) is 10.3 Å². The molecule has 0 aliphatic carbocycles. The summed E-state index contributed by atoms with van der Waals surface area (Å²) in [5.74, 6) is 0. The molecule has 1 N–H and O–H groups in total. The molecule has 1 rings (SSSR count). The summed E-state index contributed by atoms with van der Waals surface area (Å²) in [6, 6.07) is 2.28. The Labute approximate surface area is 92.4 Å². The second-order valence-corrected chi connectivity index (χ2v) is 3.97. The Morgan fingerprint density at radius 1 is 1.60 bits per heavy atom. The second kappa shape index (κ2) is 5.66. The molecule has 0 saturated carbocycles. The topological polar surface area (TPSA) is 24.9 Å². The third-order valence-corrected chi connectivity index (χ3v) is 2.48. The summed E-state index contributed by atoms with van der Waals surface area (Å²) in [6.07, 6.45) is 4.88. The van der Waals surface area contributed by atoms with Crippen molar-refractivity contribution in [3.8, 4) is 0 Å². The zero-order valence-corrected chi connectivity index (χ0v) is 9.88. The van der Waals surface area contributed by atoms with E-state index in [1.54, 1.807) is 0 Å². The van der Waals surface area contributed by atoms with Gasteiger partial charge >= 0.3 is 0 Å². The predicted octanol–water partition coefficient (Wildman–Crippen LogP) is 3.01. The normalized spacial score (nSPS) is 12.5. The number of rotatable bonds is 5. The van der Waals surface area contributed by atoms with Crippen LogP contribution in [-0.4, -0.2) is 11.5 Å². The van der Waals surface area contributed by atoms with E-state index in [-0.39, 0.29) is 6.04 Å². The van der Waals surface area contributed by atoms with Gasteiger partial charge in [0.25, 0.3) is 0 Å². The molecule has 1 aromatic rings. The van der Waals surface area contributed by atoms with Gasteiger partial charge in [-0.05, 0) is 44.0 Å². The summed E-state index contributed by atoms with van der Waals surface area (Å²) >= 11 is 0. The van der Waals surface area contributed by atoms with Gasteiger partial charge in [-0.25, -0.2) is 0 Å². The molecule has 82 valence electrons. The van der Waals surface area contributed by atoms with Gasteiger partial charge in [0.1, 0.15) is 0 Å². The number of aromatic nitrogens is 1. The number of nitrogens with one attached hydrogen (secondary N) is 1. The van der Waals surface area contributed by atoms with E-state index in [2.05, 4.69) is 37.7 Å². The minimum atomic E-state index is 0.235. The van der Waals surface area contributed by atoms with Gasteiger partial charge in [0.2, 0.25) is 0 Å². The Bertz CT molecular complexity index is 331. The molecule has 0 aromatic carbocycles. The standard InChI is InChI=1S/C13H20N2/c1-5-7-15-13(10(2)3)12-9-14-8-6-11(12)4/h6,8-9,13,15H,2,5,7H2,1,3-4H3. The molecule has 0 amide bonds. The van der Waals surface area contributed by atoms with E-state index >= 15 is 0 Å². The molecule has 0 saturated heterocycles. The van der Waals surface area contributed by atoms with Gasteiger partial charge in [0.15, 0.2) is 0 Å². The first-order chi connectivity index (χ1) is 7.16. The van der Waals surface area contributed by atoms with Crippen LogP contribution in [0.1, 0.15) is 37.4 Å². The van der Waals surface area contributed by atoms with Crippen molar-refractivity contribution < 1.29 is 0 Å². The minimum absolute atomic E-state index is 0.235. The predicted molar refractivity (Wildman–Crippen MR) is 64.8 cm³/mol. The van der Waals surface area contributed by atoms with E-state index in [1.165, 1.54) is 11.1 Å². The molecule has 0 aliphatic rings. The molecule has 1 aromatic heterocycles. The van der Waals surface area contributed by atoms with Crippen LogP contribution in [0, 0.1) is 6.92 Å². The fraction of sp³-hybridized carbons (Fsp3) is 0.462. The van der Waals surface area contributed by atoms with Gasteiger partial charge < -0.3 is 5.32 Å². The van der Waals surface area contributed by atoms with Crippen LogP contribution in [0.4, 0.5) is 0 Å². The van der Waals surface area contributed by atoms with Crippen LogP contribution in [0.15, 0.2) is 30.6 Å².